The van der Waals surface area contributed by atoms with Gasteiger partial charge in [0.15, 0.2) is 0 Å². The van der Waals surface area contributed by atoms with Crippen LogP contribution < -0.4 is 0 Å². The minimum Gasteiger partial charge on any atom is -0.505 e. The number of aryl methyl sites for hydroxylation is 1. The van der Waals surface area contributed by atoms with Crippen LogP contribution >= 0.6 is 0 Å². The summed E-state index contributed by atoms with van der Waals surface area (Å²) in [4.78, 5) is 13.6. The number of aromatic nitrogens is 3. The molecule has 0 aliphatic heterocycles. The predicted octanol–water partition coefficient (Wildman–Crippen LogP) is 2.92. The Kier molecular flexibility index (Phi) is 8.98. The van der Waals surface area contributed by atoms with Crippen molar-refractivity contribution in [2.75, 3.05) is 39.6 Å². The molecule has 0 atom stereocenters. The van der Waals surface area contributed by atoms with Crippen molar-refractivity contribution in [1.29, 1.82) is 0 Å². The number of aliphatic hydroxyl groups excluding tert-OH is 1. The normalized spacial score (nSPS) is 11.8. The second kappa shape index (κ2) is 11.9. The predicted molar refractivity (Wildman–Crippen MR) is 127 cm³/mol. The third kappa shape index (κ3) is 6.99. The smallest absolute Gasteiger partial charge is 0.306 e. The fraction of sp³-hybridized carbons (Fsp3) is 0.480. The zero-order valence-electron chi connectivity index (χ0n) is 20.0. The van der Waals surface area contributed by atoms with Gasteiger partial charge < -0.3 is 24.4 Å². The first-order valence-electron chi connectivity index (χ1n) is 11.4. The summed E-state index contributed by atoms with van der Waals surface area (Å²) >= 11 is 0. The van der Waals surface area contributed by atoms with Crippen LogP contribution in [0.4, 0.5) is 0 Å². The van der Waals surface area contributed by atoms with Crippen LogP contribution in [0.25, 0.3) is 16.7 Å². The molecule has 0 spiro atoms. The van der Waals surface area contributed by atoms with Gasteiger partial charge >= 0.3 is 5.97 Å². The van der Waals surface area contributed by atoms with Crippen LogP contribution in [-0.2, 0) is 30.8 Å². The van der Waals surface area contributed by atoms with Gasteiger partial charge in [-0.2, -0.15) is 0 Å². The first-order valence-corrected chi connectivity index (χ1v) is 11.4. The van der Waals surface area contributed by atoms with Gasteiger partial charge in [0.1, 0.15) is 29.1 Å². The number of esters is 1. The van der Waals surface area contributed by atoms with Gasteiger partial charge in [0, 0.05) is 12.0 Å². The van der Waals surface area contributed by atoms with Crippen molar-refractivity contribution in [2.24, 2.45) is 0 Å². The lowest BCUT2D eigenvalue weighted by molar-refractivity contribution is -0.145. The highest BCUT2D eigenvalue weighted by atomic mass is 16.6. The third-order valence-electron chi connectivity index (χ3n) is 5.18. The second-order valence-corrected chi connectivity index (χ2v) is 8.91. The fourth-order valence-corrected chi connectivity index (χ4v) is 3.43. The van der Waals surface area contributed by atoms with Crippen molar-refractivity contribution >= 4 is 17.0 Å². The Hall–Kier alpha value is -3.01. The average molecular weight is 472 g/mol. The first-order chi connectivity index (χ1) is 16.3. The molecule has 0 fully saturated rings. The Morgan fingerprint density at radius 3 is 2.21 bits per heavy atom. The zero-order chi connectivity index (χ0) is 24.6. The van der Waals surface area contributed by atoms with Gasteiger partial charge in [-0.1, -0.05) is 39.0 Å². The molecule has 1 heterocycles. The maximum Gasteiger partial charge on any atom is 0.306 e. The third-order valence-corrected chi connectivity index (χ3v) is 5.18. The summed E-state index contributed by atoms with van der Waals surface area (Å²) in [5.74, 6) is -0.200. The maximum absolute atomic E-state index is 12.2. The van der Waals surface area contributed by atoms with Crippen LogP contribution in [-0.4, -0.2) is 70.8 Å². The van der Waals surface area contributed by atoms with E-state index in [0.717, 1.165) is 22.2 Å². The number of fused-ring (bicyclic) bond motifs is 1. The molecule has 3 rings (SSSR count). The van der Waals surface area contributed by atoms with Crippen LogP contribution in [0.3, 0.4) is 0 Å². The highest BCUT2D eigenvalue weighted by Gasteiger charge is 2.23. The van der Waals surface area contributed by atoms with Gasteiger partial charge in [-0.15, -0.1) is 15.0 Å². The Morgan fingerprint density at radius 2 is 1.59 bits per heavy atom. The van der Waals surface area contributed by atoms with E-state index in [0.29, 0.717) is 25.3 Å². The van der Waals surface area contributed by atoms with Gasteiger partial charge in [-0.3, -0.25) is 4.79 Å². The van der Waals surface area contributed by atoms with Crippen LogP contribution in [0.15, 0.2) is 36.4 Å². The zero-order valence-corrected chi connectivity index (χ0v) is 20.0. The molecule has 0 bridgehead atoms. The quantitative estimate of drug-likeness (QED) is 0.306. The number of phenols is 1. The van der Waals surface area contributed by atoms with Crippen molar-refractivity contribution < 1.29 is 29.2 Å². The Balaban J connectivity index is 1.64. The number of phenolic OH excluding ortho intramolecular Hbond substituents is 1. The Labute approximate surface area is 199 Å². The Morgan fingerprint density at radius 1 is 0.971 bits per heavy atom. The molecule has 9 nitrogen and oxygen atoms in total. The number of rotatable bonds is 12. The summed E-state index contributed by atoms with van der Waals surface area (Å²) in [6, 6.07) is 11.2. The summed E-state index contributed by atoms with van der Waals surface area (Å²) < 4.78 is 15.7. The van der Waals surface area contributed by atoms with Crippen molar-refractivity contribution in [3.63, 3.8) is 0 Å². The van der Waals surface area contributed by atoms with Gasteiger partial charge in [0.2, 0.25) is 0 Å². The van der Waals surface area contributed by atoms with Crippen molar-refractivity contribution in [1.82, 2.24) is 15.0 Å². The van der Waals surface area contributed by atoms with Gasteiger partial charge in [-0.25, -0.2) is 0 Å². The highest BCUT2D eigenvalue weighted by Crippen LogP contribution is 2.36. The van der Waals surface area contributed by atoms with Crippen molar-refractivity contribution in [2.45, 2.75) is 39.0 Å². The number of benzene rings is 2. The number of aromatic hydroxyl groups is 1. The van der Waals surface area contributed by atoms with Crippen molar-refractivity contribution in [3.05, 3.63) is 47.5 Å². The molecule has 2 aromatic carbocycles. The molecule has 0 aliphatic carbocycles. The number of carbonyl (C=O) groups excluding carboxylic acids is 1. The minimum absolute atomic E-state index is 0.0212. The number of aliphatic hydroxyl groups is 1. The average Bonchev–Trinajstić information content (AvgIpc) is 3.23. The number of carbonyl (C=O) groups is 1. The SMILES string of the molecule is CC(C)(C)c1cc(CCC(=O)OCCOCCOCCO)cc(-n2nc3ccccc3n2)c1O. The van der Waals surface area contributed by atoms with E-state index in [1.165, 1.54) is 4.80 Å². The van der Waals surface area contributed by atoms with E-state index < -0.39 is 0 Å². The summed E-state index contributed by atoms with van der Waals surface area (Å²) in [5.41, 5.74) is 3.26. The molecule has 0 saturated heterocycles. The standard InChI is InChI=1S/C25H33N3O6/c1-25(2,3)19-16-18(8-9-23(30)34-15-14-33-13-12-32-11-10-29)17-22(24(19)31)28-26-20-6-4-5-7-21(20)27-28/h4-7,16-17,29,31H,8-15H2,1-3H3. The topological polar surface area (TPSA) is 116 Å². The van der Waals surface area contributed by atoms with E-state index in [9.17, 15) is 9.90 Å². The largest absolute Gasteiger partial charge is 0.505 e. The van der Waals surface area contributed by atoms with Gasteiger partial charge in [0.05, 0.1) is 33.0 Å². The number of hydrogen-bond donors (Lipinski definition) is 2. The summed E-state index contributed by atoms with van der Waals surface area (Å²) in [5, 5.41) is 28.6. The van der Waals surface area contributed by atoms with Crippen LogP contribution in [0.1, 0.15) is 38.3 Å². The monoisotopic (exact) mass is 471 g/mol. The second-order valence-electron chi connectivity index (χ2n) is 8.91. The van der Waals surface area contributed by atoms with E-state index in [2.05, 4.69) is 10.2 Å². The number of ether oxygens (including phenoxy) is 3. The Bertz CT molecular complexity index is 1060. The molecular formula is C25H33N3O6. The van der Waals surface area contributed by atoms with E-state index in [-0.39, 0.29) is 50.0 Å². The van der Waals surface area contributed by atoms with E-state index >= 15 is 0 Å². The van der Waals surface area contributed by atoms with Gasteiger partial charge in [-0.05, 0) is 35.6 Å². The first kappa shape index (κ1) is 25.6. The maximum atomic E-state index is 12.2. The molecule has 9 heteroatoms. The molecule has 0 saturated carbocycles. The fourth-order valence-electron chi connectivity index (χ4n) is 3.43. The number of hydrogen-bond acceptors (Lipinski definition) is 8. The molecule has 3 aromatic rings. The summed E-state index contributed by atoms with van der Waals surface area (Å²) in [7, 11) is 0. The molecular weight excluding hydrogens is 438 g/mol. The lowest BCUT2D eigenvalue weighted by Crippen LogP contribution is -2.15. The molecule has 0 radical (unpaired) electrons. The van der Waals surface area contributed by atoms with E-state index in [1.54, 1.807) is 0 Å². The lowest BCUT2D eigenvalue weighted by atomic mass is 9.84. The lowest BCUT2D eigenvalue weighted by Gasteiger charge is -2.23. The molecule has 0 unspecified atom stereocenters. The number of nitrogens with zero attached hydrogens (tertiary/aromatic N) is 3. The van der Waals surface area contributed by atoms with E-state index in [4.69, 9.17) is 19.3 Å². The molecule has 0 aliphatic rings. The van der Waals surface area contributed by atoms with Crippen molar-refractivity contribution in [3.8, 4) is 11.4 Å². The molecule has 2 N–H and O–H groups in total. The van der Waals surface area contributed by atoms with Crippen LogP contribution in [0.5, 0.6) is 5.75 Å². The molecule has 0 amide bonds. The summed E-state index contributed by atoms with van der Waals surface area (Å²) in [6.07, 6.45) is 0.647. The summed E-state index contributed by atoms with van der Waals surface area (Å²) in [6.45, 7) is 7.52. The van der Waals surface area contributed by atoms with Crippen LogP contribution in [0, 0.1) is 0 Å². The molecule has 34 heavy (non-hydrogen) atoms. The van der Waals surface area contributed by atoms with Gasteiger partial charge in [0.25, 0.3) is 0 Å². The molecule has 1 aromatic heterocycles. The highest BCUT2D eigenvalue weighted by molar-refractivity contribution is 5.74. The van der Waals surface area contributed by atoms with Crippen LogP contribution in [0.2, 0.25) is 0 Å². The van der Waals surface area contributed by atoms with E-state index in [1.807, 2.05) is 57.2 Å². The minimum atomic E-state index is -0.324. The molecule has 184 valence electrons.